The van der Waals surface area contributed by atoms with Gasteiger partial charge in [0, 0.05) is 31.9 Å². The van der Waals surface area contributed by atoms with Crippen LogP contribution in [0.1, 0.15) is 63.9 Å². The third-order valence-corrected chi connectivity index (χ3v) is 6.55. The number of hydrogen-bond donors (Lipinski definition) is 1. The fourth-order valence-corrected chi connectivity index (χ4v) is 4.31. The largest absolute Gasteiger partial charge is 0.416 e. The standard InChI is InChI=1S/C24H38F3N3OS/c1-4-5-6-16-29(2)17-7-18-31-22-14-12-21(13-15-22)30(3)23(32)28-20-10-8-19(9-11-20)24(25,26)27/h8-11,21-22H,4-7,12-18H2,1-3H3,(H,28,32)/t21-,22-. The molecule has 0 amide bonds. The lowest BCUT2D eigenvalue weighted by atomic mass is 9.92. The number of unbranched alkanes of at least 4 members (excludes halogenated alkanes) is 2. The second-order valence-electron chi connectivity index (χ2n) is 8.78. The van der Waals surface area contributed by atoms with Gasteiger partial charge in [-0.1, -0.05) is 19.8 Å². The minimum Gasteiger partial charge on any atom is -0.378 e. The monoisotopic (exact) mass is 473 g/mol. The molecule has 0 bridgehead atoms. The maximum absolute atomic E-state index is 12.7. The highest BCUT2D eigenvalue weighted by molar-refractivity contribution is 7.80. The first-order chi connectivity index (χ1) is 15.2. The van der Waals surface area contributed by atoms with E-state index in [4.69, 9.17) is 17.0 Å². The molecule has 8 heteroatoms. The molecule has 0 saturated heterocycles. The van der Waals surface area contributed by atoms with Crippen molar-refractivity contribution in [1.82, 2.24) is 9.80 Å². The smallest absolute Gasteiger partial charge is 0.378 e. The number of nitrogens with one attached hydrogen (secondary N) is 1. The van der Waals surface area contributed by atoms with E-state index in [0.717, 1.165) is 63.9 Å². The topological polar surface area (TPSA) is 27.7 Å². The van der Waals surface area contributed by atoms with Crippen molar-refractivity contribution in [1.29, 1.82) is 0 Å². The van der Waals surface area contributed by atoms with E-state index in [1.807, 2.05) is 11.9 Å². The molecule has 1 aliphatic carbocycles. The van der Waals surface area contributed by atoms with Crippen molar-refractivity contribution in [2.24, 2.45) is 0 Å². The van der Waals surface area contributed by atoms with Gasteiger partial charge >= 0.3 is 6.18 Å². The molecule has 1 aromatic rings. The molecule has 1 saturated carbocycles. The summed E-state index contributed by atoms with van der Waals surface area (Å²) in [5.41, 5.74) is -0.102. The molecule has 1 aliphatic rings. The van der Waals surface area contributed by atoms with Crippen molar-refractivity contribution < 1.29 is 17.9 Å². The van der Waals surface area contributed by atoms with E-state index in [1.165, 1.54) is 31.4 Å². The highest BCUT2D eigenvalue weighted by Crippen LogP contribution is 2.30. The van der Waals surface area contributed by atoms with Gasteiger partial charge in [-0.3, -0.25) is 0 Å². The molecule has 0 atom stereocenters. The van der Waals surface area contributed by atoms with Crippen LogP contribution in [0.3, 0.4) is 0 Å². The number of alkyl halides is 3. The normalized spacial score (nSPS) is 19.2. The van der Waals surface area contributed by atoms with Crippen LogP contribution in [0.25, 0.3) is 0 Å². The maximum atomic E-state index is 12.7. The van der Waals surface area contributed by atoms with Gasteiger partial charge in [0.1, 0.15) is 0 Å². The van der Waals surface area contributed by atoms with Crippen molar-refractivity contribution >= 4 is 23.0 Å². The molecule has 0 spiro atoms. The Morgan fingerprint density at radius 3 is 2.25 bits per heavy atom. The van der Waals surface area contributed by atoms with Crippen LogP contribution >= 0.6 is 12.2 Å². The van der Waals surface area contributed by atoms with Crippen LogP contribution in [0, 0.1) is 0 Å². The van der Waals surface area contributed by atoms with Crippen molar-refractivity contribution in [3.8, 4) is 0 Å². The summed E-state index contributed by atoms with van der Waals surface area (Å²) in [5, 5.41) is 3.58. The quantitative estimate of drug-likeness (QED) is 0.306. The van der Waals surface area contributed by atoms with E-state index in [1.54, 1.807) is 0 Å². The maximum Gasteiger partial charge on any atom is 0.416 e. The Hall–Kier alpha value is -1.38. The Morgan fingerprint density at radius 1 is 1.03 bits per heavy atom. The van der Waals surface area contributed by atoms with Gasteiger partial charge < -0.3 is 19.9 Å². The van der Waals surface area contributed by atoms with E-state index >= 15 is 0 Å². The summed E-state index contributed by atoms with van der Waals surface area (Å²) in [5.74, 6) is 0. The van der Waals surface area contributed by atoms with Gasteiger partial charge in [0.25, 0.3) is 0 Å². The van der Waals surface area contributed by atoms with Crippen molar-refractivity contribution in [2.45, 2.75) is 76.6 Å². The van der Waals surface area contributed by atoms with E-state index in [2.05, 4.69) is 24.2 Å². The molecular formula is C24H38F3N3OS. The summed E-state index contributed by atoms with van der Waals surface area (Å²) in [6.07, 6.45) is 4.84. The van der Waals surface area contributed by atoms with E-state index in [-0.39, 0.29) is 0 Å². The molecular weight excluding hydrogens is 435 g/mol. The fourth-order valence-electron chi connectivity index (χ4n) is 4.05. The molecule has 4 nitrogen and oxygen atoms in total. The second-order valence-corrected chi connectivity index (χ2v) is 9.17. The predicted octanol–water partition coefficient (Wildman–Crippen LogP) is 6.17. The molecule has 0 aliphatic heterocycles. The fraction of sp³-hybridized carbons (Fsp3) is 0.708. The van der Waals surface area contributed by atoms with Crippen molar-refractivity contribution in [3.05, 3.63) is 29.8 Å². The number of benzene rings is 1. The molecule has 0 heterocycles. The van der Waals surface area contributed by atoms with E-state index in [9.17, 15) is 13.2 Å². The van der Waals surface area contributed by atoms with Gasteiger partial charge in [-0.15, -0.1) is 0 Å². The van der Waals surface area contributed by atoms with Crippen molar-refractivity contribution in [3.63, 3.8) is 0 Å². The highest BCUT2D eigenvalue weighted by Gasteiger charge is 2.30. The second kappa shape index (κ2) is 13.4. The number of halogens is 3. The zero-order valence-electron chi connectivity index (χ0n) is 19.6. The molecule has 0 aromatic heterocycles. The van der Waals surface area contributed by atoms with Crippen LogP contribution in [0.15, 0.2) is 24.3 Å². The lowest BCUT2D eigenvalue weighted by molar-refractivity contribution is -0.137. The average molecular weight is 474 g/mol. The van der Waals surface area contributed by atoms with Gasteiger partial charge in [-0.2, -0.15) is 13.2 Å². The highest BCUT2D eigenvalue weighted by atomic mass is 32.1. The molecule has 182 valence electrons. The van der Waals surface area contributed by atoms with E-state index in [0.29, 0.717) is 22.9 Å². The molecule has 0 unspecified atom stereocenters. The number of ether oxygens (including phenoxy) is 1. The third-order valence-electron chi connectivity index (χ3n) is 6.16. The Balaban J connectivity index is 1.65. The average Bonchev–Trinajstić information content (AvgIpc) is 2.76. The number of thiocarbonyl (C=S) groups is 1. The number of hydrogen-bond acceptors (Lipinski definition) is 3. The molecule has 2 rings (SSSR count). The first-order valence-corrected chi connectivity index (χ1v) is 12.1. The van der Waals surface area contributed by atoms with Crippen LogP contribution in [-0.2, 0) is 10.9 Å². The summed E-state index contributed by atoms with van der Waals surface area (Å²) in [6.45, 7) is 5.26. The molecule has 1 aromatic carbocycles. The summed E-state index contributed by atoms with van der Waals surface area (Å²) in [4.78, 5) is 4.41. The minimum absolute atomic E-state index is 0.307. The molecule has 32 heavy (non-hydrogen) atoms. The third kappa shape index (κ3) is 9.24. The lowest BCUT2D eigenvalue weighted by Crippen LogP contribution is -2.42. The number of anilines is 1. The zero-order valence-corrected chi connectivity index (χ0v) is 20.4. The van der Waals surface area contributed by atoms with Crippen LogP contribution in [0.2, 0.25) is 0 Å². The Labute approximate surface area is 196 Å². The van der Waals surface area contributed by atoms with Gasteiger partial charge in [-0.05, 0) is 88.6 Å². The number of rotatable bonds is 11. The Morgan fingerprint density at radius 2 is 1.66 bits per heavy atom. The number of nitrogens with zero attached hydrogens (tertiary/aromatic N) is 2. The van der Waals surface area contributed by atoms with Crippen LogP contribution in [0.5, 0.6) is 0 Å². The van der Waals surface area contributed by atoms with Crippen molar-refractivity contribution in [2.75, 3.05) is 39.1 Å². The van der Waals surface area contributed by atoms with E-state index < -0.39 is 11.7 Å². The molecule has 0 radical (unpaired) electrons. The van der Waals surface area contributed by atoms with Gasteiger partial charge in [0.15, 0.2) is 5.11 Å². The van der Waals surface area contributed by atoms with Gasteiger partial charge in [0.05, 0.1) is 11.7 Å². The SMILES string of the molecule is CCCCCN(C)CCCO[C@H]1CC[C@H](N(C)C(=S)Nc2ccc(C(F)(F)F)cc2)CC1. The zero-order chi connectivity index (χ0) is 23.6. The van der Waals surface area contributed by atoms with Gasteiger partial charge in [0.2, 0.25) is 0 Å². The summed E-state index contributed by atoms with van der Waals surface area (Å²) in [7, 11) is 4.12. The molecule has 1 N–H and O–H groups in total. The predicted molar refractivity (Wildman–Crippen MR) is 129 cm³/mol. The first-order valence-electron chi connectivity index (χ1n) is 11.7. The first kappa shape index (κ1) is 26.9. The molecule has 1 fully saturated rings. The van der Waals surface area contributed by atoms with Crippen LogP contribution in [0.4, 0.5) is 18.9 Å². The lowest BCUT2D eigenvalue weighted by Gasteiger charge is -2.36. The van der Waals surface area contributed by atoms with Crippen LogP contribution in [-0.4, -0.2) is 60.8 Å². The summed E-state index contributed by atoms with van der Waals surface area (Å²) < 4.78 is 44.2. The van der Waals surface area contributed by atoms with Crippen LogP contribution < -0.4 is 5.32 Å². The summed E-state index contributed by atoms with van der Waals surface area (Å²) >= 11 is 5.48. The summed E-state index contributed by atoms with van der Waals surface area (Å²) in [6, 6.07) is 5.27. The minimum atomic E-state index is -4.33. The van der Waals surface area contributed by atoms with Gasteiger partial charge in [-0.25, -0.2) is 0 Å². The Bertz CT molecular complexity index is 676. The Kier molecular flexibility index (Phi) is 11.2.